The third kappa shape index (κ3) is 4.39. The minimum absolute atomic E-state index is 0.0272. The molecule has 1 saturated heterocycles. The number of benzene rings is 1. The first kappa shape index (κ1) is 21.2. The molecule has 0 aliphatic carbocycles. The molecule has 1 aliphatic rings. The third-order valence-corrected chi connectivity index (χ3v) is 6.89. The molecule has 2 aromatic rings. The summed E-state index contributed by atoms with van der Waals surface area (Å²) in [7, 11) is -1.59. The van der Waals surface area contributed by atoms with Gasteiger partial charge in [0.15, 0.2) is 15.9 Å². The predicted molar refractivity (Wildman–Crippen MR) is 107 cm³/mol. The SMILES string of the molecule is CCOc1ccc2oc(C(=O)O[C@@H](C)C(=O)N(C)[C@H]3CCS(=O)(=O)C3)c(C)c2c1. The number of aryl methyl sites for hydroxylation is 1. The Bertz CT molecular complexity index is 1040. The first-order valence-corrected chi connectivity index (χ1v) is 11.3. The number of amides is 1. The molecule has 2 atom stereocenters. The molecule has 8 nitrogen and oxygen atoms in total. The molecule has 29 heavy (non-hydrogen) atoms. The van der Waals surface area contributed by atoms with E-state index in [1.165, 1.54) is 18.9 Å². The molecule has 3 rings (SSSR count). The highest BCUT2D eigenvalue weighted by Gasteiger charge is 2.35. The van der Waals surface area contributed by atoms with Crippen molar-refractivity contribution in [1.82, 2.24) is 4.90 Å². The highest BCUT2D eigenvalue weighted by Crippen LogP contribution is 2.29. The van der Waals surface area contributed by atoms with Crippen LogP contribution in [0.25, 0.3) is 11.0 Å². The number of carbonyl (C=O) groups is 2. The maximum absolute atomic E-state index is 12.6. The molecule has 0 bridgehead atoms. The minimum Gasteiger partial charge on any atom is -0.494 e. The van der Waals surface area contributed by atoms with E-state index in [1.807, 2.05) is 6.92 Å². The summed E-state index contributed by atoms with van der Waals surface area (Å²) in [5, 5.41) is 0.732. The lowest BCUT2D eigenvalue weighted by atomic mass is 10.1. The van der Waals surface area contributed by atoms with E-state index in [4.69, 9.17) is 13.9 Å². The first-order chi connectivity index (χ1) is 13.6. The molecule has 158 valence electrons. The van der Waals surface area contributed by atoms with Crippen molar-refractivity contribution in [1.29, 1.82) is 0 Å². The number of nitrogens with zero attached hydrogens (tertiary/aromatic N) is 1. The zero-order valence-corrected chi connectivity index (χ0v) is 17.7. The number of carbonyl (C=O) groups excluding carboxylic acids is 2. The smallest absolute Gasteiger partial charge is 0.375 e. The molecule has 2 heterocycles. The number of furan rings is 1. The van der Waals surface area contributed by atoms with Gasteiger partial charge in [-0.05, 0) is 45.4 Å². The van der Waals surface area contributed by atoms with Gasteiger partial charge in [0, 0.05) is 24.0 Å². The number of sulfone groups is 1. The Hall–Kier alpha value is -2.55. The molecular weight excluding hydrogens is 398 g/mol. The van der Waals surface area contributed by atoms with Gasteiger partial charge in [0.2, 0.25) is 5.76 Å². The van der Waals surface area contributed by atoms with Crippen LogP contribution in [0.4, 0.5) is 0 Å². The summed E-state index contributed by atoms with van der Waals surface area (Å²) in [6.45, 7) is 5.60. The normalized spacial score (nSPS) is 19.1. The lowest BCUT2D eigenvalue weighted by molar-refractivity contribution is -0.140. The molecule has 9 heteroatoms. The zero-order valence-electron chi connectivity index (χ0n) is 16.9. The average molecular weight is 423 g/mol. The highest BCUT2D eigenvalue weighted by molar-refractivity contribution is 7.91. The Balaban J connectivity index is 1.72. The second-order valence-electron chi connectivity index (χ2n) is 7.20. The second kappa shape index (κ2) is 8.06. The van der Waals surface area contributed by atoms with Crippen LogP contribution in [-0.4, -0.2) is 62.5 Å². The number of fused-ring (bicyclic) bond motifs is 1. The van der Waals surface area contributed by atoms with Crippen molar-refractivity contribution in [2.24, 2.45) is 0 Å². The Morgan fingerprint density at radius 1 is 1.34 bits per heavy atom. The van der Waals surface area contributed by atoms with Gasteiger partial charge in [-0.3, -0.25) is 4.79 Å². The number of hydrogen-bond acceptors (Lipinski definition) is 7. The highest BCUT2D eigenvalue weighted by atomic mass is 32.2. The molecule has 1 aromatic carbocycles. The van der Waals surface area contributed by atoms with E-state index >= 15 is 0 Å². The second-order valence-corrected chi connectivity index (χ2v) is 9.43. The van der Waals surface area contributed by atoms with Crippen LogP contribution in [0.5, 0.6) is 5.75 Å². The molecule has 0 radical (unpaired) electrons. The van der Waals surface area contributed by atoms with E-state index in [0.717, 1.165) is 5.39 Å². The number of ether oxygens (including phenoxy) is 2. The zero-order chi connectivity index (χ0) is 21.3. The van der Waals surface area contributed by atoms with Crippen molar-refractivity contribution in [3.05, 3.63) is 29.5 Å². The summed E-state index contributed by atoms with van der Waals surface area (Å²) >= 11 is 0. The summed E-state index contributed by atoms with van der Waals surface area (Å²) in [6, 6.07) is 4.85. The van der Waals surface area contributed by atoms with Crippen LogP contribution < -0.4 is 4.74 Å². The van der Waals surface area contributed by atoms with Crippen LogP contribution in [0.15, 0.2) is 22.6 Å². The number of likely N-dealkylation sites (N-methyl/N-ethyl adjacent to an activating group) is 1. The van der Waals surface area contributed by atoms with Crippen molar-refractivity contribution in [2.45, 2.75) is 39.3 Å². The van der Waals surface area contributed by atoms with Crippen molar-refractivity contribution in [3.8, 4) is 5.75 Å². The van der Waals surface area contributed by atoms with Crippen LogP contribution in [0.1, 0.15) is 36.4 Å². The van der Waals surface area contributed by atoms with E-state index in [-0.39, 0.29) is 17.3 Å². The molecule has 1 fully saturated rings. The lowest BCUT2D eigenvalue weighted by Gasteiger charge is -2.26. The average Bonchev–Trinajstić information content (AvgIpc) is 3.20. The number of esters is 1. The summed E-state index contributed by atoms with van der Waals surface area (Å²) < 4.78 is 39.7. The Labute approximate surface area is 169 Å². The fourth-order valence-electron chi connectivity index (χ4n) is 3.46. The van der Waals surface area contributed by atoms with Crippen LogP contribution in [0.3, 0.4) is 0 Å². The van der Waals surface area contributed by atoms with Gasteiger partial charge in [0.1, 0.15) is 11.3 Å². The van der Waals surface area contributed by atoms with E-state index in [2.05, 4.69) is 0 Å². The van der Waals surface area contributed by atoms with Gasteiger partial charge in [-0.25, -0.2) is 13.2 Å². The molecule has 0 unspecified atom stereocenters. The van der Waals surface area contributed by atoms with Gasteiger partial charge >= 0.3 is 5.97 Å². The van der Waals surface area contributed by atoms with E-state index < -0.39 is 33.9 Å². The van der Waals surface area contributed by atoms with Gasteiger partial charge in [-0.1, -0.05) is 0 Å². The van der Waals surface area contributed by atoms with Crippen LogP contribution in [0.2, 0.25) is 0 Å². The van der Waals surface area contributed by atoms with Gasteiger partial charge < -0.3 is 18.8 Å². The van der Waals surface area contributed by atoms with E-state index in [9.17, 15) is 18.0 Å². The van der Waals surface area contributed by atoms with Crippen LogP contribution >= 0.6 is 0 Å². The Morgan fingerprint density at radius 2 is 2.07 bits per heavy atom. The number of hydrogen-bond donors (Lipinski definition) is 0. The quantitative estimate of drug-likeness (QED) is 0.657. The molecule has 1 amide bonds. The standard InChI is InChI=1S/C20H25NO7S/c1-5-26-15-6-7-17-16(10-15)12(2)18(28-17)20(23)27-13(3)19(22)21(4)14-8-9-29(24,25)11-14/h6-7,10,13-14H,5,8-9,11H2,1-4H3/t13-,14-/m0/s1. The predicted octanol–water partition coefficient (Wildman–Crippen LogP) is 2.33. The maximum atomic E-state index is 12.6. The van der Waals surface area contributed by atoms with E-state index in [1.54, 1.807) is 25.1 Å². The third-order valence-electron chi connectivity index (χ3n) is 5.14. The monoisotopic (exact) mass is 423 g/mol. The molecular formula is C20H25NO7S. The van der Waals surface area contributed by atoms with Gasteiger partial charge in [0.05, 0.1) is 18.1 Å². The molecule has 1 aliphatic heterocycles. The fourth-order valence-corrected chi connectivity index (χ4v) is 5.24. The topological polar surface area (TPSA) is 103 Å². The summed E-state index contributed by atoms with van der Waals surface area (Å²) in [5.41, 5.74) is 1.12. The van der Waals surface area contributed by atoms with Crippen molar-refractivity contribution in [2.75, 3.05) is 25.2 Å². The summed E-state index contributed by atoms with van der Waals surface area (Å²) in [6.07, 6.45) is -0.682. The summed E-state index contributed by atoms with van der Waals surface area (Å²) in [4.78, 5) is 26.5. The molecule has 1 aromatic heterocycles. The molecule has 0 spiro atoms. The maximum Gasteiger partial charge on any atom is 0.375 e. The van der Waals surface area contributed by atoms with Gasteiger partial charge in [0.25, 0.3) is 5.91 Å². The Kier molecular flexibility index (Phi) is 5.88. The van der Waals surface area contributed by atoms with Crippen molar-refractivity contribution in [3.63, 3.8) is 0 Å². The van der Waals surface area contributed by atoms with Crippen molar-refractivity contribution < 1.29 is 31.9 Å². The fraction of sp³-hybridized carbons (Fsp3) is 0.500. The molecule has 0 saturated carbocycles. The summed E-state index contributed by atoms with van der Waals surface area (Å²) in [5.74, 6) is -0.510. The lowest BCUT2D eigenvalue weighted by Crippen LogP contribution is -2.44. The van der Waals surface area contributed by atoms with Crippen LogP contribution in [-0.2, 0) is 19.4 Å². The van der Waals surface area contributed by atoms with Crippen molar-refractivity contribution >= 4 is 32.7 Å². The minimum atomic E-state index is -3.12. The van der Waals surface area contributed by atoms with E-state index in [0.29, 0.717) is 29.9 Å². The van der Waals surface area contributed by atoms with Crippen LogP contribution in [0, 0.1) is 6.92 Å². The number of rotatable bonds is 6. The first-order valence-electron chi connectivity index (χ1n) is 9.47. The largest absolute Gasteiger partial charge is 0.494 e. The Morgan fingerprint density at radius 3 is 2.69 bits per heavy atom. The van der Waals surface area contributed by atoms with Gasteiger partial charge in [-0.15, -0.1) is 0 Å². The van der Waals surface area contributed by atoms with Gasteiger partial charge in [-0.2, -0.15) is 0 Å². The molecule has 0 N–H and O–H groups in total.